The van der Waals surface area contributed by atoms with E-state index in [4.69, 9.17) is 0 Å². The number of aromatic nitrogens is 4. The number of piperidine rings is 1. The Morgan fingerprint density at radius 2 is 2.00 bits per heavy atom. The van der Waals surface area contributed by atoms with Crippen molar-refractivity contribution in [1.82, 2.24) is 29.5 Å². The Balaban J connectivity index is 1.44. The number of anilines is 1. The van der Waals surface area contributed by atoms with E-state index < -0.39 is 0 Å². The van der Waals surface area contributed by atoms with Crippen molar-refractivity contribution in [2.24, 2.45) is 0 Å². The summed E-state index contributed by atoms with van der Waals surface area (Å²) in [6.45, 7) is 4.93. The van der Waals surface area contributed by atoms with Crippen LogP contribution in [0.2, 0.25) is 0 Å². The van der Waals surface area contributed by atoms with Crippen LogP contribution >= 0.6 is 11.3 Å². The van der Waals surface area contributed by atoms with Crippen molar-refractivity contribution in [3.05, 3.63) is 59.1 Å². The second-order valence-corrected chi connectivity index (χ2v) is 10.9. The monoisotopic (exact) mass is 521 g/mol. The predicted octanol–water partition coefficient (Wildman–Crippen LogP) is 3.72. The van der Waals surface area contributed by atoms with Crippen LogP contribution in [-0.2, 0) is 29.2 Å². The molecule has 0 spiro atoms. The van der Waals surface area contributed by atoms with E-state index in [1.807, 2.05) is 39.6 Å². The molecule has 0 radical (unpaired) electrons. The molecule has 1 fully saturated rings. The smallest absolute Gasteiger partial charge is 0.223 e. The number of amides is 2. The first-order chi connectivity index (χ1) is 18.1. The fourth-order valence-electron chi connectivity index (χ4n) is 5.72. The third-order valence-electron chi connectivity index (χ3n) is 7.55. The molecule has 2 amide bonds. The summed E-state index contributed by atoms with van der Waals surface area (Å²) in [5.41, 5.74) is 1.93. The topological polar surface area (TPSA) is 87.5 Å². The highest BCUT2D eigenvalue weighted by atomic mass is 32.1. The number of carbonyl (C=O) groups is 2. The molecule has 2 aliphatic heterocycles. The molecule has 2 unspecified atom stereocenters. The molecule has 0 N–H and O–H groups in total. The Hall–Kier alpha value is -3.11. The first-order valence-electron chi connectivity index (χ1n) is 13.2. The van der Waals surface area contributed by atoms with Gasteiger partial charge in [-0.15, -0.1) is 11.3 Å². The van der Waals surface area contributed by atoms with Gasteiger partial charge in [0.25, 0.3) is 0 Å². The molecular weight excluding hydrogens is 486 g/mol. The van der Waals surface area contributed by atoms with E-state index in [-0.39, 0.29) is 17.9 Å². The van der Waals surface area contributed by atoms with Gasteiger partial charge in [0.05, 0.1) is 6.54 Å². The number of hydrogen-bond donors (Lipinski definition) is 0. The second-order valence-electron chi connectivity index (χ2n) is 9.96. The number of benzene rings is 1. The summed E-state index contributed by atoms with van der Waals surface area (Å²) < 4.78 is 1.77. The maximum atomic E-state index is 13.7. The molecule has 1 saturated heterocycles. The van der Waals surface area contributed by atoms with E-state index in [2.05, 4.69) is 26.0 Å². The number of rotatable bonds is 6. The fourth-order valence-corrected chi connectivity index (χ4v) is 6.34. The number of aryl methyl sites for hydroxylation is 1. The lowest BCUT2D eigenvalue weighted by Crippen LogP contribution is -2.52. The van der Waals surface area contributed by atoms with E-state index in [0.717, 1.165) is 48.5 Å². The number of nitrogens with zero attached hydrogens (tertiary/aromatic N) is 7. The minimum atomic E-state index is 0.0382. The molecule has 0 aliphatic carbocycles. The minimum Gasteiger partial charge on any atom is -0.337 e. The SMILES string of the molecule is CC(=O)N1CCC2CCCC(CN(C(=O)CCCn3cncn3)Cc3ccccc31)N2Cc1nccs1. The molecule has 9 nitrogen and oxygen atoms in total. The van der Waals surface area contributed by atoms with Crippen LogP contribution in [0.25, 0.3) is 0 Å². The van der Waals surface area contributed by atoms with Gasteiger partial charge < -0.3 is 9.80 Å². The van der Waals surface area contributed by atoms with Crippen LogP contribution in [0.1, 0.15) is 56.0 Å². The third kappa shape index (κ3) is 6.24. The lowest BCUT2D eigenvalue weighted by Gasteiger charge is -2.43. The van der Waals surface area contributed by atoms with E-state index in [1.165, 1.54) is 6.33 Å². The highest BCUT2D eigenvalue weighted by Gasteiger charge is 2.34. The first-order valence-corrected chi connectivity index (χ1v) is 14.1. The van der Waals surface area contributed by atoms with Gasteiger partial charge >= 0.3 is 0 Å². The zero-order valence-electron chi connectivity index (χ0n) is 21.4. The molecule has 5 rings (SSSR count). The zero-order chi connectivity index (χ0) is 25.6. The Kier molecular flexibility index (Phi) is 8.25. The summed E-state index contributed by atoms with van der Waals surface area (Å²) in [5.74, 6) is 0.177. The van der Waals surface area contributed by atoms with Crippen LogP contribution in [0.5, 0.6) is 0 Å². The largest absolute Gasteiger partial charge is 0.337 e. The molecule has 0 saturated carbocycles. The highest BCUT2D eigenvalue weighted by Crippen LogP contribution is 2.32. The van der Waals surface area contributed by atoms with Gasteiger partial charge in [0.1, 0.15) is 17.7 Å². The van der Waals surface area contributed by atoms with Gasteiger partial charge in [-0.2, -0.15) is 5.10 Å². The van der Waals surface area contributed by atoms with Gasteiger partial charge in [-0.25, -0.2) is 9.97 Å². The number of fused-ring (bicyclic) bond motifs is 3. The van der Waals surface area contributed by atoms with Crippen LogP contribution < -0.4 is 4.90 Å². The Labute approximate surface area is 222 Å². The molecule has 2 atom stereocenters. The van der Waals surface area contributed by atoms with Crippen LogP contribution in [-0.4, -0.2) is 66.5 Å². The maximum Gasteiger partial charge on any atom is 0.223 e. The third-order valence-corrected chi connectivity index (χ3v) is 8.32. The van der Waals surface area contributed by atoms with Gasteiger partial charge in [0, 0.05) is 68.9 Å². The molecule has 37 heavy (non-hydrogen) atoms. The number of carbonyl (C=O) groups excluding carboxylic acids is 2. The van der Waals surface area contributed by atoms with Crippen molar-refractivity contribution in [2.45, 2.75) is 77.2 Å². The van der Waals surface area contributed by atoms with Crippen molar-refractivity contribution >= 4 is 28.8 Å². The van der Waals surface area contributed by atoms with E-state index in [1.54, 1.807) is 29.3 Å². The summed E-state index contributed by atoms with van der Waals surface area (Å²) in [7, 11) is 0. The molecule has 196 valence electrons. The number of para-hydroxylation sites is 1. The molecule has 2 aromatic heterocycles. The van der Waals surface area contributed by atoms with E-state index in [9.17, 15) is 9.59 Å². The molecule has 2 aliphatic rings. The second kappa shape index (κ2) is 12.0. The molecule has 2 bridgehead atoms. The zero-order valence-corrected chi connectivity index (χ0v) is 22.2. The lowest BCUT2D eigenvalue weighted by atomic mass is 9.92. The normalized spacial score (nSPS) is 20.8. The standard InChI is InChI=1S/C27H35N7O2S/c1-21(35)33-14-11-23-7-4-8-24(34(23)18-26-29-12-15-37-26)17-31(16-22-6-2-3-9-25(22)33)27(36)10-5-13-32-20-28-19-30-32/h2-3,6,9,12,15,19-20,23-24H,4-5,7-8,10-11,13-14,16-18H2,1H3. The Morgan fingerprint density at radius 3 is 2.78 bits per heavy atom. The molecule has 4 heterocycles. The summed E-state index contributed by atoms with van der Waals surface area (Å²) in [5, 5.41) is 7.28. The number of hydrogen-bond acceptors (Lipinski definition) is 7. The fraction of sp³-hybridized carbons (Fsp3) is 0.519. The molecule has 1 aromatic carbocycles. The van der Waals surface area contributed by atoms with Gasteiger partial charge in [0.15, 0.2) is 0 Å². The average Bonchev–Trinajstić information content (AvgIpc) is 3.60. The first kappa shape index (κ1) is 25.5. The van der Waals surface area contributed by atoms with Crippen LogP contribution in [0.4, 0.5) is 5.69 Å². The van der Waals surface area contributed by atoms with Crippen molar-refractivity contribution in [3.8, 4) is 0 Å². The van der Waals surface area contributed by atoms with Crippen molar-refractivity contribution in [1.29, 1.82) is 0 Å². The minimum absolute atomic E-state index is 0.0382. The number of thiazole rings is 1. The summed E-state index contributed by atoms with van der Waals surface area (Å²) >= 11 is 1.68. The average molecular weight is 522 g/mol. The van der Waals surface area contributed by atoms with Crippen LogP contribution in [0.15, 0.2) is 48.5 Å². The molecule has 3 aromatic rings. The van der Waals surface area contributed by atoms with Crippen molar-refractivity contribution < 1.29 is 9.59 Å². The Morgan fingerprint density at radius 1 is 1.14 bits per heavy atom. The van der Waals surface area contributed by atoms with Gasteiger partial charge in [-0.1, -0.05) is 24.6 Å². The Bertz CT molecular complexity index is 1170. The van der Waals surface area contributed by atoms with Crippen LogP contribution in [0.3, 0.4) is 0 Å². The predicted molar refractivity (Wildman–Crippen MR) is 143 cm³/mol. The van der Waals surface area contributed by atoms with Crippen molar-refractivity contribution in [3.63, 3.8) is 0 Å². The quantitative estimate of drug-likeness (QED) is 0.491. The maximum absolute atomic E-state index is 13.7. The summed E-state index contributed by atoms with van der Waals surface area (Å²) in [4.78, 5) is 41.5. The summed E-state index contributed by atoms with van der Waals surface area (Å²) in [6, 6.07) is 8.65. The van der Waals surface area contributed by atoms with Crippen LogP contribution in [0, 0.1) is 0 Å². The van der Waals surface area contributed by atoms with Gasteiger partial charge in [0.2, 0.25) is 11.8 Å². The van der Waals surface area contributed by atoms with Gasteiger partial charge in [-0.05, 0) is 37.3 Å². The van der Waals surface area contributed by atoms with Crippen molar-refractivity contribution in [2.75, 3.05) is 18.0 Å². The van der Waals surface area contributed by atoms with E-state index >= 15 is 0 Å². The summed E-state index contributed by atoms with van der Waals surface area (Å²) in [6.07, 6.45) is 10.4. The molecule has 10 heteroatoms. The highest BCUT2D eigenvalue weighted by molar-refractivity contribution is 7.09. The lowest BCUT2D eigenvalue weighted by molar-refractivity contribution is -0.133. The van der Waals surface area contributed by atoms with E-state index in [0.29, 0.717) is 45.1 Å². The molecular formula is C27H35N7O2S. The van der Waals surface area contributed by atoms with Gasteiger partial charge in [-0.3, -0.25) is 19.2 Å².